The first-order chi connectivity index (χ1) is 11.4. The molecule has 0 saturated carbocycles. The van der Waals surface area contributed by atoms with E-state index in [9.17, 15) is 8.78 Å². The van der Waals surface area contributed by atoms with Crippen molar-refractivity contribution in [2.24, 2.45) is 4.99 Å². The molecule has 24 heavy (non-hydrogen) atoms. The lowest BCUT2D eigenvalue weighted by Crippen LogP contribution is -2.14. The standard InChI is InChI=1S/C18H21F2N3O/c1-5-23(3)11-21-16-8-13(19)9-17(12(16)2)22-14-6-7-18(24-4)15(20)10-14/h6-11,22H,5H2,1-4H3. The zero-order valence-electron chi connectivity index (χ0n) is 14.2. The van der Waals surface area contributed by atoms with Gasteiger partial charge < -0.3 is 15.0 Å². The van der Waals surface area contributed by atoms with Crippen LogP contribution in [0.3, 0.4) is 0 Å². The van der Waals surface area contributed by atoms with Crippen molar-refractivity contribution in [3.63, 3.8) is 0 Å². The molecule has 0 aliphatic carbocycles. The Bertz CT molecular complexity index is 747. The van der Waals surface area contributed by atoms with E-state index in [1.54, 1.807) is 12.4 Å². The lowest BCUT2D eigenvalue weighted by Gasteiger charge is -2.14. The second-order valence-corrected chi connectivity index (χ2v) is 5.39. The smallest absolute Gasteiger partial charge is 0.167 e. The van der Waals surface area contributed by atoms with E-state index in [4.69, 9.17) is 4.74 Å². The minimum absolute atomic E-state index is 0.157. The number of rotatable bonds is 6. The summed E-state index contributed by atoms with van der Waals surface area (Å²) in [6.45, 7) is 4.63. The normalized spacial score (nSPS) is 10.9. The van der Waals surface area contributed by atoms with Gasteiger partial charge in [-0.1, -0.05) is 0 Å². The Hall–Kier alpha value is -2.63. The van der Waals surface area contributed by atoms with Gasteiger partial charge in [-0.3, -0.25) is 0 Å². The zero-order valence-corrected chi connectivity index (χ0v) is 14.2. The molecule has 128 valence electrons. The first-order valence-corrected chi connectivity index (χ1v) is 7.59. The molecule has 0 spiro atoms. The van der Waals surface area contributed by atoms with Gasteiger partial charge in [0.05, 0.1) is 19.1 Å². The molecule has 0 amide bonds. The first kappa shape index (κ1) is 17.7. The molecule has 2 aromatic carbocycles. The average molecular weight is 333 g/mol. The maximum absolute atomic E-state index is 13.9. The van der Waals surface area contributed by atoms with Crippen LogP contribution in [0, 0.1) is 18.6 Å². The number of anilines is 2. The Labute approximate surface area is 140 Å². The Morgan fingerprint density at radius 2 is 2.00 bits per heavy atom. The number of methoxy groups -OCH3 is 1. The Morgan fingerprint density at radius 3 is 2.62 bits per heavy atom. The number of halogens is 2. The van der Waals surface area contributed by atoms with E-state index in [1.807, 2.05) is 25.8 Å². The van der Waals surface area contributed by atoms with Gasteiger partial charge in [0.1, 0.15) is 5.82 Å². The summed E-state index contributed by atoms with van der Waals surface area (Å²) >= 11 is 0. The lowest BCUT2D eigenvalue weighted by molar-refractivity contribution is 0.386. The van der Waals surface area contributed by atoms with Crippen molar-refractivity contribution in [1.29, 1.82) is 0 Å². The highest BCUT2D eigenvalue weighted by Gasteiger charge is 2.09. The van der Waals surface area contributed by atoms with Crippen LogP contribution in [-0.4, -0.2) is 31.9 Å². The first-order valence-electron chi connectivity index (χ1n) is 7.59. The summed E-state index contributed by atoms with van der Waals surface area (Å²) in [5, 5.41) is 3.02. The minimum Gasteiger partial charge on any atom is -0.494 e. The summed E-state index contributed by atoms with van der Waals surface area (Å²) in [5.74, 6) is -0.743. The number of nitrogens with zero attached hydrogens (tertiary/aromatic N) is 2. The van der Waals surface area contributed by atoms with E-state index in [1.165, 1.54) is 31.4 Å². The van der Waals surface area contributed by atoms with Crippen LogP contribution < -0.4 is 10.1 Å². The highest BCUT2D eigenvalue weighted by Crippen LogP contribution is 2.31. The van der Waals surface area contributed by atoms with Crippen molar-refractivity contribution in [3.8, 4) is 5.75 Å². The van der Waals surface area contributed by atoms with Crippen molar-refractivity contribution >= 4 is 23.4 Å². The zero-order chi connectivity index (χ0) is 17.7. The Morgan fingerprint density at radius 1 is 1.25 bits per heavy atom. The Balaban J connectivity index is 2.32. The quantitative estimate of drug-likeness (QED) is 0.618. The van der Waals surface area contributed by atoms with Gasteiger partial charge in [-0.05, 0) is 43.7 Å². The number of benzene rings is 2. The molecule has 4 nitrogen and oxygen atoms in total. The van der Waals surface area contributed by atoms with Crippen molar-refractivity contribution in [3.05, 3.63) is 47.5 Å². The van der Waals surface area contributed by atoms with Gasteiger partial charge in [0.25, 0.3) is 0 Å². The monoisotopic (exact) mass is 333 g/mol. The van der Waals surface area contributed by atoms with Gasteiger partial charge in [0.2, 0.25) is 0 Å². The topological polar surface area (TPSA) is 36.9 Å². The molecule has 2 aromatic rings. The van der Waals surface area contributed by atoms with Crippen molar-refractivity contribution in [2.45, 2.75) is 13.8 Å². The predicted octanol–water partition coefficient (Wildman–Crippen LogP) is 4.64. The van der Waals surface area contributed by atoms with Crippen molar-refractivity contribution in [1.82, 2.24) is 4.90 Å². The van der Waals surface area contributed by atoms with Gasteiger partial charge >= 0.3 is 0 Å². The maximum Gasteiger partial charge on any atom is 0.167 e. The number of aliphatic imine (C=N–C) groups is 1. The molecule has 1 N–H and O–H groups in total. The number of ether oxygens (including phenoxy) is 1. The third kappa shape index (κ3) is 4.22. The van der Waals surface area contributed by atoms with Crippen LogP contribution in [-0.2, 0) is 0 Å². The summed E-state index contributed by atoms with van der Waals surface area (Å²) in [6.07, 6.45) is 1.65. The molecule has 6 heteroatoms. The summed E-state index contributed by atoms with van der Waals surface area (Å²) in [7, 11) is 3.29. The Kier molecular flexibility index (Phi) is 5.73. The number of hydrogen-bond acceptors (Lipinski definition) is 3. The molecule has 0 bridgehead atoms. The van der Waals surface area contributed by atoms with Crippen LogP contribution in [0.2, 0.25) is 0 Å². The van der Waals surface area contributed by atoms with Crippen LogP contribution in [0.5, 0.6) is 5.75 Å². The molecule has 0 fully saturated rings. The van der Waals surface area contributed by atoms with Crippen LogP contribution in [0.25, 0.3) is 0 Å². The fraction of sp³-hybridized carbons (Fsp3) is 0.278. The van der Waals surface area contributed by atoms with E-state index < -0.39 is 11.6 Å². The van der Waals surface area contributed by atoms with Gasteiger partial charge in [-0.25, -0.2) is 13.8 Å². The van der Waals surface area contributed by atoms with Crippen LogP contribution in [0.4, 0.5) is 25.8 Å². The molecule has 0 atom stereocenters. The highest BCUT2D eigenvalue weighted by molar-refractivity contribution is 5.72. The SMILES string of the molecule is CCN(C)C=Nc1cc(F)cc(Nc2ccc(OC)c(F)c2)c1C. The molecule has 2 rings (SSSR count). The largest absolute Gasteiger partial charge is 0.494 e. The second kappa shape index (κ2) is 7.77. The van der Waals surface area contributed by atoms with E-state index in [0.29, 0.717) is 17.1 Å². The van der Waals surface area contributed by atoms with E-state index >= 15 is 0 Å². The molecule has 0 heterocycles. The molecule has 0 aromatic heterocycles. The summed E-state index contributed by atoms with van der Waals surface area (Å²) in [5.41, 5.74) is 2.33. The second-order valence-electron chi connectivity index (χ2n) is 5.39. The molecular weight excluding hydrogens is 312 g/mol. The summed E-state index contributed by atoms with van der Waals surface area (Å²) in [6, 6.07) is 7.22. The van der Waals surface area contributed by atoms with Crippen LogP contribution in [0.1, 0.15) is 12.5 Å². The highest BCUT2D eigenvalue weighted by atomic mass is 19.1. The van der Waals surface area contributed by atoms with Gasteiger partial charge in [-0.2, -0.15) is 0 Å². The predicted molar refractivity (Wildman–Crippen MR) is 93.8 cm³/mol. The molecule has 0 saturated heterocycles. The van der Waals surface area contributed by atoms with Crippen molar-refractivity contribution in [2.75, 3.05) is 26.0 Å². The minimum atomic E-state index is -0.487. The molecule has 0 aliphatic rings. The lowest BCUT2D eigenvalue weighted by atomic mass is 10.1. The van der Waals surface area contributed by atoms with Gasteiger partial charge in [0, 0.05) is 31.0 Å². The fourth-order valence-electron chi connectivity index (χ4n) is 2.07. The molecular formula is C18H21F2N3O. The summed E-state index contributed by atoms with van der Waals surface area (Å²) < 4.78 is 32.6. The maximum atomic E-state index is 13.9. The molecule has 0 aliphatic heterocycles. The fourth-order valence-corrected chi connectivity index (χ4v) is 2.07. The third-order valence-electron chi connectivity index (χ3n) is 3.67. The van der Waals surface area contributed by atoms with E-state index in [0.717, 1.165) is 12.1 Å². The van der Waals surface area contributed by atoms with E-state index in [-0.39, 0.29) is 5.75 Å². The third-order valence-corrected chi connectivity index (χ3v) is 3.67. The van der Waals surface area contributed by atoms with E-state index in [2.05, 4.69) is 10.3 Å². The average Bonchev–Trinajstić information content (AvgIpc) is 2.56. The van der Waals surface area contributed by atoms with Crippen LogP contribution >= 0.6 is 0 Å². The van der Waals surface area contributed by atoms with Gasteiger partial charge in [0.15, 0.2) is 11.6 Å². The molecule has 0 unspecified atom stereocenters. The number of hydrogen-bond donors (Lipinski definition) is 1. The van der Waals surface area contributed by atoms with Crippen molar-refractivity contribution < 1.29 is 13.5 Å². The van der Waals surface area contributed by atoms with Crippen LogP contribution in [0.15, 0.2) is 35.3 Å². The number of nitrogens with one attached hydrogen (secondary N) is 1. The van der Waals surface area contributed by atoms with Gasteiger partial charge in [-0.15, -0.1) is 0 Å². The summed E-state index contributed by atoms with van der Waals surface area (Å²) in [4.78, 5) is 6.20. The molecule has 0 radical (unpaired) electrons.